The molecular weight excluding hydrogens is 218 g/mol. The van der Waals surface area contributed by atoms with Gasteiger partial charge in [-0.3, -0.25) is 0 Å². The van der Waals surface area contributed by atoms with E-state index in [-0.39, 0.29) is 0 Å². The summed E-state index contributed by atoms with van der Waals surface area (Å²) in [6, 6.07) is 17.4. The average Bonchev–Trinajstić information content (AvgIpc) is 2.58. The number of anilines is 2. The Kier molecular flexibility index (Phi) is 2.89. The molecule has 0 aromatic heterocycles. The van der Waals surface area contributed by atoms with E-state index in [1.807, 2.05) is 6.08 Å². The van der Waals surface area contributed by atoms with Crippen LogP contribution >= 0.6 is 0 Å². The fourth-order valence-electron chi connectivity index (χ4n) is 2.70. The van der Waals surface area contributed by atoms with Gasteiger partial charge < -0.3 is 4.90 Å². The highest BCUT2D eigenvalue weighted by molar-refractivity contribution is 5.71. The van der Waals surface area contributed by atoms with Crippen LogP contribution in [0.15, 0.2) is 61.2 Å². The van der Waals surface area contributed by atoms with Crippen LogP contribution in [0.3, 0.4) is 0 Å². The van der Waals surface area contributed by atoms with Crippen molar-refractivity contribution in [3.05, 3.63) is 72.3 Å². The van der Waals surface area contributed by atoms with Crippen molar-refractivity contribution < 1.29 is 0 Å². The Morgan fingerprint density at radius 2 is 1.39 bits per heavy atom. The fourth-order valence-corrected chi connectivity index (χ4v) is 2.70. The molecule has 1 heterocycles. The molecule has 0 atom stereocenters. The zero-order valence-corrected chi connectivity index (χ0v) is 10.5. The smallest absolute Gasteiger partial charge is 0.0446 e. The summed E-state index contributed by atoms with van der Waals surface area (Å²) in [6.45, 7) is 4.74. The molecule has 1 aliphatic rings. The van der Waals surface area contributed by atoms with Crippen molar-refractivity contribution in [2.45, 2.75) is 12.8 Å². The topological polar surface area (TPSA) is 3.24 Å². The Balaban J connectivity index is 2.17. The van der Waals surface area contributed by atoms with E-state index in [0.717, 1.165) is 19.4 Å². The van der Waals surface area contributed by atoms with Crippen molar-refractivity contribution >= 4 is 11.4 Å². The molecular formula is C17H17N. The molecule has 0 unspecified atom stereocenters. The van der Waals surface area contributed by atoms with Gasteiger partial charge in [0.15, 0.2) is 0 Å². The molecule has 0 amide bonds. The number of nitrogens with zero attached hydrogens (tertiary/aromatic N) is 1. The molecule has 0 bridgehead atoms. The lowest BCUT2D eigenvalue weighted by molar-refractivity contribution is 0.977. The molecule has 0 aliphatic carbocycles. The predicted molar refractivity (Wildman–Crippen MR) is 77.5 cm³/mol. The van der Waals surface area contributed by atoms with Crippen molar-refractivity contribution in [1.29, 1.82) is 0 Å². The minimum Gasteiger partial charge on any atom is -0.337 e. The summed E-state index contributed by atoms with van der Waals surface area (Å²) in [6.07, 6.45) is 4.19. The van der Waals surface area contributed by atoms with Gasteiger partial charge in [0, 0.05) is 17.9 Å². The van der Waals surface area contributed by atoms with Gasteiger partial charge in [-0.05, 0) is 36.1 Å². The number of hydrogen-bond acceptors (Lipinski definition) is 1. The summed E-state index contributed by atoms with van der Waals surface area (Å²) < 4.78 is 0. The maximum absolute atomic E-state index is 3.89. The van der Waals surface area contributed by atoms with Gasteiger partial charge in [-0.2, -0.15) is 0 Å². The number of hydrogen-bond donors (Lipinski definition) is 0. The molecule has 3 rings (SSSR count). The first-order chi connectivity index (χ1) is 8.90. The quantitative estimate of drug-likeness (QED) is 0.708. The van der Waals surface area contributed by atoms with Gasteiger partial charge in [-0.1, -0.05) is 42.5 Å². The number of fused-ring (bicyclic) bond motifs is 2. The van der Waals surface area contributed by atoms with Gasteiger partial charge in [0.25, 0.3) is 0 Å². The van der Waals surface area contributed by atoms with Gasteiger partial charge in [0.1, 0.15) is 0 Å². The molecule has 90 valence electrons. The Labute approximate surface area is 108 Å². The van der Waals surface area contributed by atoms with Crippen molar-refractivity contribution in [2.75, 3.05) is 11.4 Å². The van der Waals surface area contributed by atoms with E-state index in [1.54, 1.807) is 0 Å². The van der Waals surface area contributed by atoms with E-state index >= 15 is 0 Å². The minimum atomic E-state index is 0.855. The standard InChI is InChI=1S/C17H17N/c1-2-13-18-16-9-5-3-7-14(16)11-12-15-8-4-6-10-17(15)18/h2-10H,1,11-13H2. The molecule has 0 N–H and O–H groups in total. The highest BCUT2D eigenvalue weighted by atomic mass is 15.1. The zero-order chi connectivity index (χ0) is 12.4. The summed E-state index contributed by atoms with van der Waals surface area (Å²) in [5.74, 6) is 0. The van der Waals surface area contributed by atoms with Crippen molar-refractivity contribution in [3.8, 4) is 0 Å². The summed E-state index contributed by atoms with van der Waals surface area (Å²) in [4.78, 5) is 2.37. The van der Waals surface area contributed by atoms with E-state index in [1.165, 1.54) is 22.5 Å². The lowest BCUT2D eigenvalue weighted by Crippen LogP contribution is -2.17. The Morgan fingerprint density at radius 1 is 0.889 bits per heavy atom. The number of rotatable bonds is 2. The highest BCUT2D eigenvalue weighted by Crippen LogP contribution is 2.35. The van der Waals surface area contributed by atoms with E-state index in [9.17, 15) is 0 Å². The molecule has 18 heavy (non-hydrogen) atoms. The molecule has 2 aromatic carbocycles. The molecule has 0 saturated carbocycles. The first kappa shape index (κ1) is 11.1. The second kappa shape index (κ2) is 4.69. The fraction of sp³-hybridized carbons (Fsp3) is 0.176. The van der Waals surface area contributed by atoms with Crippen LogP contribution in [0.1, 0.15) is 11.1 Å². The van der Waals surface area contributed by atoms with Crippen LogP contribution in [0.25, 0.3) is 0 Å². The summed E-state index contributed by atoms with van der Waals surface area (Å²) in [7, 11) is 0. The molecule has 1 aliphatic heterocycles. The summed E-state index contributed by atoms with van der Waals surface area (Å²) >= 11 is 0. The van der Waals surface area contributed by atoms with Crippen LogP contribution in [0.4, 0.5) is 11.4 Å². The van der Waals surface area contributed by atoms with Crippen LogP contribution in [0.2, 0.25) is 0 Å². The largest absolute Gasteiger partial charge is 0.337 e. The summed E-state index contributed by atoms with van der Waals surface area (Å²) in [5, 5.41) is 0. The molecule has 0 saturated heterocycles. The number of aryl methyl sites for hydroxylation is 2. The van der Waals surface area contributed by atoms with E-state index in [0.29, 0.717) is 0 Å². The first-order valence-electron chi connectivity index (χ1n) is 6.44. The van der Waals surface area contributed by atoms with Crippen LogP contribution in [-0.4, -0.2) is 6.54 Å². The number of benzene rings is 2. The van der Waals surface area contributed by atoms with E-state index in [4.69, 9.17) is 0 Å². The van der Waals surface area contributed by atoms with Gasteiger partial charge >= 0.3 is 0 Å². The van der Waals surface area contributed by atoms with Crippen molar-refractivity contribution in [1.82, 2.24) is 0 Å². The second-order valence-corrected chi connectivity index (χ2v) is 4.66. The zero-order valence-electron chi connectivity index (χ0n) is 10.5. The maximum Gasteiger partial charge on any atom is 0.0446 e. The molecule has 1 heteroatoms. The lowest BCUT2D eigenvalue weighted by atomic mass is 10.0. The van der Waals surface area contributed by atoms with Gasteiger partial charge in [0.2, 0.25) is 0 Å². The molecule has 0 radical (unpaired) electrons. The highest BCUT2D eigenvalue weighted by Gasteiger charge is 2.18. The van der Waals surface area contributed by atoms with Crippen LogP contribution in [0.5, 0.6) is 0 Å². The molecule has 1 nitrogen and oxygen atoms in total. The molecule has 0 spiro atoms. The maximum atomic E-state index is 3.89. The van der Waals surface area contributed by atoms with E-state index < -0.39 is 0 Å². The Morgan fingerprint density at radius 3 is 1.89 bits per heavy atom. The average molecular weight is 235 g/mol. The molecule has 0 fully saturated rings. The van der Waals surface area contributed by atoms with Gasteiger partial charge in [-0.15, -0.1) is 6.58 Å². The predicted octanol–water partition coefficient (Wildman–Crippen LogP) is 4.11. The molecule has 2 aromatic rings. The minimum absolute atomic E-state index is 0.855. The Bertz CT molecular complexity index is 524. The lowest BCUT2D eigenvalue weighted by Gasteiger charge is -2.25. The van der Waals surface area contributed by atoms with Crippen LogP contribution in [0, 0.1) is 0 Å². The van der Waals surface area contributed by atoms with Crippen LogP contribution < -0.4 is 4.90 Å². The normalized spacial score (nSPS) is 13.4. The third kappa shape index (κ3) is 1.82. The van der Waals surface area contributed by atoms with Crippen molar-refractivity contribution in [2.24, 2.45) is 0 Å². The van der Waals surface area contributed by atoms with Crippen molar-refractivity contribution in [3.63, 3.8) is 0 Å². The Hall–Kier alpha value is -2.02. The SMILES string of the molecule is C=CCN1c2ccccc2CCc2ccccc21. The van der Waals surface area contributed by atoms with E-state index in [2.05, 4.69) is 60.0 Å². The first-order valence-corrected chi connectivity index (χ1v) is 6.44. The monoisotopic (exact) mass is 235 g/mol. The third-order valence-corrected chi connectivity index (χ3v) is 3.54. The summed E-state index contributed by atoms with van der Waals surface area (Å²) in [5.41, 5.74) is 5.50. The number of para-hydroxylation sites is 2. The van der Waals surface area contributed by atoms with Gasteiger partial charge in [0.05, 0.1) is 0 Å². The van der Waals surface area contributed by atoms with Crippen LogP contribution in [-0.2, 0) is 12.8 Å². The second-order valence-electron chi connectivity index (χ2n) is 4.66. The third-order valence-electron chi connectivity index (χ3n) is 3.54. The van der Waals surface area contributed by atoms with Gasteiger partial charge in [-0.25, -0.2) is 0 Å².